The van der Waals surface area contributed by atoms with Gasteiger partial charge >= 0.3 is 0 Å². The molecule has 1 unspecified atom stereocenters. The van der Waals surface area contributed by atoms with Crippen molar-refractivity contribution in [3.8, 4) is 17.0 Å². The van der Waals surface area contributed by atoms with Crippen molar-refractivity contribution in [1.82, 2.24) is 25.1 Å². The maximum Gasteiger partial charge on any atom is 0.269 e. The predicted octanol–water partition coefficient (Wildman–Crippen LogP) is 6.95. The Kier molecular flexibility index (Phi) is 9.63. The highest BCUT2D eigenvalue weighted by Gasteiger charge is 2.23. The summed E-state index contributed by atoms with van der Waals surface area (Å²) in [4.78, 5) is 12.9. The number of rotatable bonds is 12. The zero-order chi connectivity index (χ0) is 31.2. The van der Waals surface area contributed by atoms with Crippen molar-refractivity contribution in [3.05, 3.63) is 122 Å². The molecular formula is C33H33BrN6O5. The van der Waals surface area contributed by atoms with E-state index in [4.69, 9.17) is 14.0 Å². The van der Waals surface area contributed by atoms with Crippen molar-refractivity contribution in [2.24, 2.45) is 0 Å². The third-order valence-corrected chi connectivity index (χ3v) is 8.58. The molecule has 1 fully saturated rings. The number of hydrogen-bond donors (Lipinski definition) is 0. The Morgan fingerprint density at radius 2 is 1.82 bits per heavy atom. The predicted molar refractivity (Wildman–Crippen MR) is 171 cm³/mol. The second-order valence-electron chi connectivity index (χ2n) is 11.1. The molecule has 0 saturated carbocycles. The van der Waals surface area contributed by atoms with Gasteiger partial charge in [0, 0.05) is 60.5 Å². The van der Waals surface area contributed by atoms with Crippen molar-refractivity contribution in [2.45, 2.75) is 44.6 Å². The molecule has 12 heteroatoms. The van der Waals surface area contributed by atoms with Gasteiger partial charge in [0.05, 0.1) is 29.9 Å². The summed E-state index contributed by atoms with van der Waals surface area (Å²) in [6, 6.07) is 24.7. The maximum absolute atomic E-state index is 10.9. The fourth-order valence-electron chi connectivity index (χ4n) is 5.60. The first kappa shape index (κ1) is 30.6. The summed E-state index contributed by atoms with van der Waals surface area (Å²) in [6.07, 6.45) is 4.20. The quantitative estimate of drug-likeness (QED) is 0.102. The number of non-ortho nitro benzene ring substituents is 1. The van der Waals surface area contributed by atoms with E-state index in [1.54, 1.807) is 19.2 Å². The molecule has 0 bridgehead atoms. The van der Waals surface area contributed by atoms with Gasteiger partial charge in [0.15, 0.2) is 5.76 Å². The van der Waals surface area contributed by atoms with Gasteiger partial charge in [0.25, 0.3) is 5.69 Å². The Morgan fingerprint density at radius 1 is 1.07 bits per heavy atom. The number of hydrogen-bond acceptors (Lipinski definition) is 9. The molecule has 3 heterocycles. The minimum atomic E-state index is -0.370. The smallest absolute Gasteiger partial charge is 0.269 e. The van der Waals surface area contributed by atoms with E-state index in [0.717, 1.165) is 65.1 Å². The minimum Gasteiger partial charge on any atom is -0.496 e. The first-order valence-electron chi connectivity index (χ1n) is 14.8. The average molecular weight is 674 g/mol. The highest BCUT2D eigenvalue weighted by Crippen LogP contribution is 2.31. The largest absolute Gasteiger partial charge is 0.496 e. The summed E-state index contributed by atoms with van der Waals surface area (Å²) in [6.45, 7) is 2.83. The van der Waals surface area contributed by atoms with Gasteiger partial charge in [0.2, 0.25) is 0 Å². The number of nitro groups is 1. The zero-order valence-corrected chi connectivity index (χ0v) is 26.4. The number of methoxy groups -OCH3 is 1. The zero-order valence-electron chi connectivity index (χ0n) is 24.8. The lowest BCUT2D eigenvalue weighted by molar-refractivity contribution is -0.384. The normalized spacial score (nSPS) is 14.8. The maximum atomic E-state index is 10.9. The Hall–Kier alpha value is -4.39. The van der Waals surface area contributed by atoms with E-state index in [-0.39, 0.29) is 29.4 Å². The van der Waals surface area contributed by atoms with Crippen molar-refractivity contribution < 1.29 is 18.9 Å². The van der Waals surface area contributed by atoms with Gasteiger partial charge in [-0.3, -0.25) is 15.0 Å². The summed E-state index contributed by atoms with van der Waals surface area (Å²) in [5.41, 5.74) is 4.60. The van der Waals surface area contributed by atoms with Crippen LogP contribution in [0, 0.1) is 10.1 Å². The molecule has 0 N–H and O–H groups in total. The van der Waals surface area contributed by atoms with E-state index < -0.39 is 0 Å². The van der Waals surface area contributed by atoms with Crippen molar-refractivity contribution in [2.75, 3.05) is 20.2 Å². The van der Waals surface area contributed by atoms with Crippen molar-refractivity contribution in [3.63, 3.8) is 0 Å². The van der Waals surface area contributed by atoms with Crippen LogP contribution in [0.3, 0.4) is 0 Å². The van der Waals surface area contributed by atoms with Crippen LogP contribution in [-0.4, -0.2) is 50.2 Å². The molecule has 3 aromatic carbocycles. The molecule has 0 amide bonds. The topological polar surface area (TPSA) is 122 Å². The van der Waals surface area contributed by atoms with Gasteiger partial charge in [-0.25, -0.2) is 4.68 Å². The summed E-state index contributed by atoms with van der Waals surface area (Å²) in [5, 5.41) is 24.2. The number of halogens is 1. The molecule has 1 aliphatic rings. The van der Waals surface area contributed by atoms with Crippen molar-refractivity contribution >= 4 is 21.6 Å². The summed E-state index contributed by atoms with van der Waals surface area (Å²) >= 11 is 3.52. The Morgan fingerprint density at radius 3 is 2.56 bits per heavy atom. The van der Waals surface area contributed by atoms with Crippen LogP contribution in [0.2, 0.25) is 0 Å². The van der Waals surface area contributed by atoms with Crippen LogP contribution >= 0.6 is 15.9 Å². The van der Waals surface area contributed by atoms with Gasteiger partial charge < -0.3 is 14.0 Å². The van der Waals surface area contributed by atoms with Crippen LogP contribution < -0.4 is 4.74 Å². The third kappa shape index (κ3) is 7.64. The molecule has 0 radical (unpaired) electrons. The SMILES string of the molecule is COc1ccccc1-c1cc(COC(Cc2cn(C3CCN(Cc4ccc([N+](=O)[O-])cc4)CC3)nn2)c2ccc(Br)cc2)on1. The van der Waals surface area contributed by atoms with Gasteiger partial charge in [-0.05, 0) is 48.2 Å². The lowest BCUT2D eigenvalue weighted by atomic mass is 10.0. The third-order valence-electron chi connectivity index (χ3n) is 8.05. The summed E-state index contributed by atoms with van der Waals surface area (Å²) in [7, 11) is 1.63. The highest BCUT2D eigenvalue weighted by atomic mass is 79.9. The number of aromatic nitrogens is 4. The first-order chi connectivity index (χ1) is 21.9. The monoisotopic (exact) mass is 672 g/mol. The van der Waals surface area contributed by atoms with Crippen LogP contribution in [0.25, 0.3) is 11.3 Å². The van der Waals surface area contributed by atoms with E-state index in [1.807, 2.05) is 77.6 Å². The Balaban J connectivity index is 1.08. The minimum absolute atomic E-state index is 0.114. The molecular weight excluding hydrogens is 640 g/mol. The lowest BCUT2D eigenvalue weighted by Crippen LogP contribution is -2.34. The molecule has 11 nitrogen and oxygen atoms in total. The van der Waals surface area contributed by atoms with Gasteiger partial charge in [-0.1, -0.05) is 62.7 Å². The van der Waals surface area contributed by atoms with Crippen LogP contribution in [0.4, 0.5) is 5.69 Å². The molecule has 232 valence electrons. The molecule has 2 aromatic heterocycles. The second-order valence-corrected chi connectivity index (χ2v) is 12.0. The van der Waals surface area contributed by atoms with Gasteiger partial charge in [-0.2, -0.15) is 0 Å². The van der Waals surface area contributed by atoms with E-state index in [2.05, 4.69) is 36.3 Å². The molecule has 1 atom stereocenters. The number of nitrogens with zero attached hydrogens (tertiary/aromatic N) is 6. The Bertz CT molecular complexity index is 1710. The number of piperidine rings is 1. The highest BCUT2D eigenvalue weighted by molar-refractivity contribution is 9.10. The second kappa shape index (κ2) is 14.1. The molecule has 1 saturated heterocycles. The lowest BCUT2D eigenvalue weighted by Gasteiger charge is -2.31. The number of likely N-dealkylation sites (tertiary alicyclic amines) is 1. The molecule has 6 rings (SSSR count). The molecule has 1 aliphatic heterocycles. The molecule has 45 heavy (non-hydrogen) atoms. The number of nitro benzene ring substituents is 1. The van der Waals surface area contributed by atoms with Crippen molar-refractivity contribution in [1.29, 1.82) is 0 Å². The van der Waals surface area contributed by atoms with Gasteiger partial charge in [0.1, 0.15) is 18.1 Å². The van der Waals surface area contributed by atoms with E-state index >= 15 is 0 Å². The number of para-hydroxylation sites is 1. The standard InChI is InChI=1S/C33H33BrN6O5/c1-43-32-5-3-2-4-30(32)31-19-29(45-36-31)22-44-33(24-8-10-25(34)11-9-24)18-26-21-39(37-35-26)27-14-16-38(17-15-27)20-23-6-12-28(13-7-23)40(41)42/h2-13,19,21,27,33H,14-18,20,22H2,1H3. The number of ether oxygens (including phenoxy) is 2. The van der Waals surface area contributed by atoms with E-state index in [0.29, 0.717) is 17.9 Å². The fraction of sp³-hybridized carbons (Fsp3) is 0.303. The Labute approximate surface area is 269 Å². The van der Waals surface area contributed by atoms with E-state index in [1.165, 1.54) is 0 Å². The molecule has 0 spiro atoms. The van der Waals surface area contributed by atoms with Gasteiger partial charge in [-0.15, -0.1) is 5.10 Å². The first-order valence-corrected chi connectivity index (χ1v) is 15.6. The number of benzene rings is 3. The molecule has 5 aromatic rings. The molecule has 0 aliphatic carbocycles. The fourth-order valence-corrected chi connectivity index (χ4v) is 5.86. The van der Waals surface area contributed by atoms with Crippen LogP contribution in [-0.2, 0) is 24.3 Å². The van der Waals surface area contributed by atoms with Crippen LogP contribution in [0.1, 0.15) is 47.6 Å². The van der Waals surface area contributed by atoms with Crippen LogP contribution in [0.15, 0.2) is 94.1 Å². The van der Waals surface area contributed by atoms with Crippen LogP contribution in [0.5, 0.6) is 5.75 Å². The van der Waals surface area contributed by atoms with E-state index in [9.17, 15) is 10.1 Å². The average Bonchev–Trinajstić information content (AvgIpc) is 3.74. The summed E-state index contributed by atoms with van der Waals surface area (Å²) in [5.74, 6) is 1.34. The summed E-state index contributed by atoms with van der Waals surface area (Å²) < 4.78 is 20.5.